The summed E-state index contributed by atoms with van der Waals surface area (Å²) in [5.41, 5.74) is -0.260. The quantitative estimate of drug-likeness (QED) is 0.722. The summed E-state index contributed by atoms with van der Waals surface area (Å²) in [6.45, 7) is -0.0879. The predicted octanol–water partition coefficient (Wildman–Crippen LogP) is 0.972. The molecule has 3 rings (SSSR count). The second-order valence-corrected chi connectivity index (χ2v) is 4.98. The van der Waals surface area contributed by atoms with Crippen LogP contribution in [0.15, 0.2) is 69.5 Å². The van der Waals surface area contributed by atoms with Gasteiger partial charge in [-0.05, 0) is 11.6 Å². The van der Waals surface area contributed by atoms with Gasteiger partial charge in [0.2, 0.25) is 11.5 Å². The Labute approximate surface area is 134 Å². The van der Waals surface area contributed by atoms with Crippen LogP contribution in [0.5, 0.6) is 0 Å². The van der Waals surface area contributed by atoms with Crippen molar-refractivity contribution in [3.8, 4) is 11.1 Å². The van der Waals surface area contributed by atoms with Crippen molar-refractivity contribution >= 4 is 5.97 Å². The van der Waals surface area contributed by atoms with Crippen LogP contribution in [-0.2, 0) is 16.1 Å². The van der Waals surface area contributed by atoms with Crippen LogP contribution in [0, 0.1) is 0 Å². The fourth-order valence-corrected chi connectivity index (χ4v) is 2.20. The lowest BCUT2D eigenvalue weighted by atomic mass is 10.1. The molecule has 2 heterocycles. The second-order valence-electron chi connectivity index (χ2n) is 4.98. The number of esters is 1. The van der Waals surface area contributed by atoms with Gasteiger partial charge in [-0.2, -0.15) is 0 Å². The molecule has 0 fully saturated rings. The van der Waals surface area contributed by atoms with E-state index in [1.165, 1.54) is 16.8 Å². The molecule has 0 radical (unpaired) electrons. The van der Waals surface area contributed by atoms with E-state index >= 15 is 0 Å². The van der Waals surface area contributed by atoms with Gasteiger partial charge in [0, 0.05) is 12.7 Å². The standard InChI is InChI=1S/C16H12N2O6/c19-12-11(24-15(22)13(12)20)6-7-18-8-10(14(21)17-16(18)23)9-4-2-1-3-5-9/h1-6,8,19-20H,7H2,(H,17,21,23)/b11-6-. The lowest BCUT2D eigenvalue weighted by Gasteiger charge is -2.06. The molecule has 1 aromatic heterocycles. The van der Waals surface area contributed by atoms with E-state index in [9.17, 15) is 24.6 Å². The molecule has 1 aliphatic heterocycles. The first-order valence-corrected chi connectivity index (χ1v) is 6.91. The van der Waals surface area contributed by atoms with Gasteiger partial charge in [-0.3, -0.25) is 14.3 Å². The minimum absolute atomic E-state index is 0.0879. The van der Waals surface area contributed by atoms with Crippen LogP contribution in [0.25, 0.3) is 11.1 Å². The van der Waals surface area contributed by atoms with Gasteiger partial charge in [0.1, 0.15) is 0 Å². The summed E-state index contributed by atoms with van der Waals surface area (Å²) in [7, 11) is 0. The summed E-state index contributed by atoms with van der Waals surface area (Å²) < 4.78 is 5.82. The highest BCUT2D eigenvalue weighted by atomic mass is 16.6. The number of aromatic amines is 1. The van der Waals surface area contributed by atoms with Gasteiger partial charge in [0.15, 0.2) is 5.76 Å². The minimum atomic E-state index is -1.07. The average molecular weight is 328 g/mol. The van der Waals surface area contributed by atoms with Gasteiger partial charge in [-0.1, -0.05) is 30.3 Å². The van der Waals surface area contributed by atoms with Crippen LogP contribution < -0.4 is 11.2 Å². The molecule has 122 valence electrons. The highest BCUT2D eigenvalue weighted by Crippen LogP contribution is 2.22. The number of aromatic nitrogens is 2. The van der Waals surface area contributed by atoms with E-state index in [-0.39, 0.29) is 12.3 Å². The lowest BCUT2D eigenvalue weighted by Crippen LogP contribution is -2.30. The Bertz CT molecular complexity index is 982. The summed E-state index contributed by atoms with van der Waals surface area (Å²) in [5, 5.41) is 18.7. The number of nitrogens with zero attached hydrogens (tertiary/aromatic N) is 1. The van der Waals surface area contributed by atoms with E-state index in [2.05, 4.69) is 9.72 Å². The van der Waals surface area contributed by atoms with Crippen LogP contribution in [0.4, 0.5) is 0 Å². The molecule has 0 bridgehead atoms. The third-order valence-corrected chi connectivity index (χ3v) is 3.42. The SMILES string of the molecule is O=C1O/C(=C\Cn2cc(-c3ccccc3)c(=O)[nH]c2=O)C(O)=C1O. The molecule has 24 heavy (non-hydrogen) atoms. The smallest absolute Gasteiger partial charge is 0.383 e. The number of cyclic esters (lactones) is 1. The number of carbonyl (C=O) groups is 1. The monoisotopic (exact) mass is 328 g/mol. The molecule has 0 atom stereocenters. The highest BCUT2D eigenvalue weighted by molar-refractivity contribution is 5.91. The number of aliphatic hydroxyl groups is 2. The number of ether oxygens (including phenoxy) is 1. The Hall–Kier alpha value is -3.55. The Balaban J connectivity index is 1.97. The first kappa shape index (κ1) is 15.3. The number of rotatable bonds is 3. The Morgan fingerprint density at radius 3 is 2.42 bits per heavy atom. The summed E-state index contributed by atoms with van der Waals surface area (Å²) in [6, 6.07) is 8.77. The Morgan fingerprint density at radius 2 is 1.79 bits per heavy atom. The van der Waals surface area contributed by atoms with Crippen LogP contribution in [0.3, 0.4) is 0 Å². The summed E-state index contributed by atoms with van der Waals surface area (Å²) in [4.78, 5) is 37.2. The number of hydrogen-bond donors (Lipinski definition) is 3. The molecule has 8 heteroatoms. The molecule has 0 aliphatic carbocycles. The fourth-order valence-electron chi connectivity index (χ4n) is 2.20. The number of hydrogen-bond acceptors (Lipinski definition) is 6. The number of allylic oxidation sites excluding steroid dienone is 1. The van der Waals surface area contributed by atoms with Gasteiger partial charge in [-0.15, -0.1) is 0 Å². The predicted molar refractivity (Wildman–Crippen MR) is 83.2 cm³/mol. The number of benzene rings is 1. The zero-order chi connectivity index (χ0) is 17.3. The number of nitrogens with one attached hydrogen (secondary N) is 1. The van der Waals surface area contributed by atoms with Crippen molar-refractivity contribution < 1.29 is 19.7 Å². The van der Waals surface area contributed by atoms with Crippen LogP contribution in [0.1, 0.15) is 0 Å². The molecule has 0 unspecified atom stereocenters. The van der Waals surface area contributed by atoms with E-state index in [0.29, 0.717) is 11.1 Å². The molecule has 0 saturated carbocycles. The van der Waals surface area contributed by atoms with Crippen molar-refractivity contribution in [2.24, 2.45) is 0 Å². The maximum Gasteiger partial charge on any atom is 0.383 e. The van der Waals surface area contributed by atoms with Gasteiger partial charge in [0.25, 0.3) is 5.56 Å². The van der Waals surface area contributed by atoms with Crippen LogP contribution >= 0.6 is 0 Å². The van der Waals surface area contributed by atoms with Gasteiger partial charge < -0.3 is 14.9 Å². The van der Waals surface area contributed by atoms with E-state index in [1.807, 2.05) is 0 Å². The molecule has 0 saturated heterocycles. The van der Waals surface area contributed by atoms with Gasteiger partial charge in [-0.25, -0.2) is 9.59 Å². The van der Waals surface area contributed by atoms with Crippen molar-refractivity contribution in [3.05, 3.63) is 80.7 Å². The zero-order valence-corrected chi connectivity index (χ0v) is 12.2. The van der Waals surface area contributed by atoms with Gasteiger partial charge >= 0.3 is 11.7 Å². The maximum absolute atomic E-state index is 12.0. The Morgan fingerprint density at radius 1 is 1.08 bits per heavy atom. The molecular weight excluding hydrogens is 316 g/mol. The van der Waals surface area contributed by atoms with E-state index in [4.69, 9.17) is 0 Å². The third kappa shape index (κ3) is 2.72. The largest absolute Gasteiger partial charge is 0.502 e. The Kier molecular flexibility index (Phi) is 3.78. The van der Waals surface area contributed by atoms with E-state index in [1.54, 1.807) is 30.3 Å². The van der Waals surface area contributed by atoms with Gasteiger partial charge in [0.05, 0.1) is 5.56 Å². The third-order valence-electron chi connectivity index (χ3n) is 3.42. The van der Waals surface area contributed by atoms with Crippen molar-refractivity contribution in [2.45, 2.75) is 6.54 Å². The van der Waals surface area contributed by atoms with Crippen LogP contribution in [-0.4, -0.2) is 25.7 Å². The van der Waals surface area contributed by atoms with E-state index in [0.717, 1.165) is 0 Å². The van der Waals surface area contributed by atoms with Crippen LogP contribution in [0.2, 0.25) is 0 Å². The fraction of sp³-hybridized carbons (Fsp3) is 0.0625. The molecule has 1 aliphatic rings. The second kappa shape index (κ2) is 5.92. The molecule has 0 spiro atoms. The molecule has 3 N–H and O–H groups in total. The molecular formula is C16H12N2O6. The topological polar surface area (TPSA) is 122 Å². The highest BCUT2D eigenvalue weighted by Gasteiger charge is 2.29. The molecule has 1 aromatic carbocycles. The first-order valence-electron chi connectivity index (χ1n) is 6.91. The summed E-state index contributed by atoms with van der Waals surface area (Å²) in [5.74, 6) is -2.91. The zero-order valence-electron chi connectivity index (χ0n) is 12.2. The molecule has 2 aromatic rings. The van der Waals surface area contributed by atoms with Crippen molar-refractivity contribution in [2.75, 3.05) is 0 Å². The lowest BCUT2D eigenvalue weighted by molar-refractivity contribution is -0.135. The van der Waals surface area contributed by atoms with Crippen molar-refractivity contribution in [1.29, 1.82) is 0 Å². The average Bonchev–Trinajstić information content (AvgIpc) is 2.82. The number of H-pyrrole nitrogens is 1. The van der Waals surface area contributed by atoms with E-state index < -0.39 is 28.7 Å². The molecule has 0 amide bonds. The molecule has 8 nitrogen and oxygen atoms in total. The van der Waals surface area contributed by atoms with Crippen molar-refractivity contribution in [1.82, 2.24) is 9.55 Å². The summed E-state index contributed by atoms with van der Waals surface area (Å²) >= 11 is 0. The maximum atomic E-state index is 12.0. The summed E-state index contributed by atoms with van der Waals surface area (Å²) in [6.07, 6.45) is 2.61. The van der Waals surface area contributed by atoms with Crippen molar-refractivity contribution in [3.63, 3.8) is 0 Å². The number of carbonyl (C=O) groups excluding carboxylic acids is 1. The first-order chi connectivity index (χ1) is 11.5. The number of aliphatic hydroxyl groups excluding tert-OH is 2. The normalized spacial score (nSPS) is 15.8. The minimum Gasteiger partial charge on any atom is -0.502 e.